The third-order valence-electron chi connectivity index (χ3n) is 6.01. The van der Waals surface area contributed by atoms with Gasteiger partial charge in [0.1, 0.15) is 28.7 Å². The summed E-state index contributed by atoms with van der Waals surface area (Å²) in [7, 11) is 4.56. The lowest BCUT2D eigenvalue weighted by Gasteiger charge is -2.19. The average Bonchev–Trinajstić information content (AvgIpc) is 3.37. The molecular weight excluding hydrogens is 447 g/mol. The van der Waals surface area contributed by atoms with Gasteiger partial charge in [-0.2, -0.15) is 0 Å². The molecule has 2 aromatic carbocycles. The smallest absolute Gasteiger partial charge is 0.434 e. The van der Waals surface area contributed by atoms with Crippen molar-refractivity contribution in [3.8, 4) is 28.7 Å². The highest BCUT2D eigenvalue weighted by Gasteiger charge is 2.62. The molecule has 0 bridgehead atoms. The Morgan fingerprint density at radius 2 is 1.27 bits per heavy atom. The van der Waals surface area contributed by atoms with Gasteiger partial charge in [0.25, 0.3) is 0 Å². The first-order valence-corrected chi connectivity index (χ1v) is 11.7. The summed E-state index contributed by atoms with van der Waals surface area (Å²) in [5.74, 6) is 1.22. The summed E-state index contributed by atoms with van der Waals surface area (Å²) in [5, 5.41) is -1.34. The molecule has 33 heavy (non-hydrogen) atoms. The molecule has 1 aliphatic rings. The van der Waals surface area contributed by atoms with Crippen LogP contribution >= 0.6 is 7.80 Å². The average molecular weight is 475 g/mol. The van der Waals surface area contributed by atoms with Crippen LogP contribution in [0.15, 0.2) is 30.3 Å². The molecule has 3 rings (SSSR count). The van der Waals surface area contributed by atoms with Gasteiger partial charge in [0.15, 0.2) is 5.56 Å². The maximum Gasteiger partial charge on any atom is 0.434 e. The molecule has 0 saturated heterocycles. The highest BCUT2D eigenvalue weighted by atomic mass is 31.1. The number of ether oxygens (including phenoxy) is 5. The quantitative estimate of drug-likeness (QED) is 0.354. The Balaban J connectivity index is 2.09. The fourth-order valence-electron chi connectivity index (χ4n) is 4.23. The van der Waals surface area contributed by atoms with E-state index in [0.29, 0.717) is 42.9 Å². The topological polar surface area (TPSA) is 97.4 Å². The van der Waals surface area contributed by atoms with Crippen LogP contribution in [0.2, 0.25) is 0 Å². The van der Waals surface area contributed by atoms with E-state index in [1.165, 1.54) is 47.7 Å². The van der Waals surface area contributed by atoms with Gasteiger partial charge in [0.05, 0.1) is 41.1 Å². The summed E-state index contributed by atoms with van der Waals surface area (Å²) >= 11 is 0. The maximum atomic E-state index is 13.9. The molecule has 1 fully saturated rings. The molecule has 0 radical (unpaired) electrons. The van der Waals surface area contributed by atoms with E-state index in [4.69, 9.17) is 23.7 Å². The summed E-state index contributed by atoms with van der Waals surface area (Å²) in [4.78, 5) is 27.4. The van der Waals surface area contributed by atoms with Crippen LogP contribution in [-0.2, 0) is 4.57 Å². The number of Topliss-reactive ketones (excluding diaryl/α,β-unsaturated/α-hetero) is 1. The van der Waals surface area contributed by atoms with Gasteiger partial charge in [-0.05, 0) is 25.0 Å². The van der Waals surface area contributed by atoms with E-state index >= 15 is 0 Å². The van der Waals surface area contributed by atoms with Crippen molar-refractivity contribution < 1.29 is 37.8 Å². The van der Waals surface area contributed by atoms with Crippen molar-refractivity contribution in [3.05, 3.63) is 41.5 Å². The number of carbonyl (C=O) groups is 2. The van der Waals surface area contributed by atoms with E-state index in [1.807, 2.05) is 0 Å². The van der Waals surface area contributed by atoms with Gasteiger partial charge in [0.2, 0.25) is 10.9 Å². The zero-order chi connectivity index (χ0) is 24.2. The number of carbonyl (C=O) groups excluding carboxylic acids is 2. The second-order valence-corrected chi connectivity index (χ2v) is 9.49. The monoisotopic (exact) mass is 475 g/mol. The summed E-state index contributed by atoms with van der Waals surface area (Å²) in [6, 6.07) is 7.87. The van der Waals surface area contributed by atoms with Crippen molar-refractivity contribution in [1.29, 1.82) is 0 Å². The van der Waals surface area contributed by atoms with Crippen LogP contribution < -0.4 is 23.7 Å². The standard InChI is InChI=1S/C24H28O8P/c1-28-15-8-9-17(18(12-15)30-3)22(25)24(10-6-7-11-24)33(27)23(26)21-19(31-4)13-16(29-2)14-20(21)32-5/h8-9,12-14H,6-7,10-11H2,1-5H3/q+1. The predicted octanol–water partition coefficient (Wildman–Crippen LogP) is 4.89. The van der Waals surface area contributed by atoms with E-state index in [2.05, 4.69) is 0 Å². The first kappa shape index (κ1) is 24.5. The molecule has 1 saturated carbocycles. The number of methoxy groups -OCH3 is 5. The molecule has 8 nitrogen and oxygen atoms in total. The first-order valence-electron chi connectivity index (χ1n) is 10.4. The lowest BCUT2D eigenvalue weighted by molar-refractivity contribution is 0.0927. The molecule has 0 aromatic heterocycles. The van der Waals surface area contributed by atoms with Gasteiger partial charge in [-0.25, -0.2) is 4.79 Å². The minimum atomic E-state index is -2.68. The Morgan fingerprint density at radius 1 is 0.758 bits per heavy atom. The van der Waals surface area contributed by atoms with E-state index in [-0.39, 0.29) is 28.4 Å². The molecule has 0 amide bonds. The number of benzene rings is 2. The highest BCUT2D eigenvalue weighted by molar-refractivity contribution is 7.67. The van der Waals surface area contributed by atoms with Crippen molar-refractivity contribution >= 4 is 19.1 Å². The van der Waals surface area contributed by atoms with Gasteiger partial charge in [-0.15, -0.1) is 0 Å². The van der Waals surface area contributed by atoms with E-state index < -0.39 is 18.5 Å². The van der Waals surface area contributed by atoms with Gasteiger partial charge >= 0.3 is 13.3 Å². The van der Waals surface area contributed by atoms with Crippen LogP contribution in [0.1, 0.15) is 46.4 Å². The SMILES string of the molecule is COc1ccc(C(=O)C2([P+](=O)C(=O)c3c(OC)cc(OC)cc3OC)CCCC2)c(OC)c1. The van der Waals surface area contributed by atoms with Crippen LogP contribution in [0.5, 0.6) is 28.7 Å². The fourth-order valence-corrected chi connectivity index (χ4v) is 6.07. The molecule has 1 atom stereocenters. The lowest BCUT2D eigenvalue weighted by atomic mass is 9.94. The number of ketones is 1. The largest absolute Gasteiger partial charge is 0.497 e. The normalized spacial score (nSPS) is 14.9. The zero-order valence-corrected chi connectivity index (χ0v) is 20.3. The van der Waals surface area contributed by atoms with Crippen molar-refractivity contribution in [3.63, 3.8) is 0 Å². The molecule has 0 heterocycles. The molecule has 176 valence electrons. The van der Waals surface area contributed by atoms with Gasteiger partial charge < -0.3 is 23.7 Å². The van der Waals surface area contributed by atoms with Crippen molar-refractivity contribution in [2.75, 3.05) is 35.5 Å². The molecule has 2 aromatic rings. The lowest BCUT2D eigenvalue weighted by Crippen LogP contribution is -2.34. The molecule has 1 aliphatic carbocycles. The number of hydrogen-bond acceptors (Lipinski definition) is 8. The third kappa shape index (κ3) is 4.40. The summed E-state index contributed by atoms with van der Waals surface area (Å²) in [6.07, 6.45) is 2.05. The van der Waals surface area contributed by atoms with Gasteiger partial charge in [-0.3, -0.25) is 4.79 Å². The second kappa shape index (κ2) is 10.2. The minimum absolute atomic E-state index is 0.0303. The number of rotatable bonds is 10. The minimum Gasteiger partial charge on any atom is -0.497 e. The number of hydrogen-bond donors (Lipinski definition) is 0. The van der Waals surface area contributed by atoms with Crippen molar-refractivity contribution in [2.24, 2.45) is 0 Å². The maximum absolute atomic E-state index is 13.9. The molecule has 9 heteroatoms. The van der Waals surface area contributed by atoms with Gasteiger partial charge in [0, 0.05) is 31.0 Å². The van der Waals surface area contributed by atoms with Gasteiger partial charge in [-0.1, -0.05) is 4.57 Å². The van der Waals surface area contributed by atoms with Crippen LogP contribution in [0.4, 0.5) is 0 Å². The van der Waals surface area contributed by atoms with E-state index in [9.17, 15) is 14.2 Å². The summed E-state index contributed by atoms with van der Waals surface area (Å²) in [5.41, 5.74) is -0.392. The van der Waals surface area contributed by atoms with Crippen LogP contribution in [0.25, 0.3) is 0 Å². The third-order valence-corrected chi connectivity index (χ3v) is 8.03. The second-order valence-electron chi connectivity index (χ2n) is 7.64. The molecule has 0 spiro atoms. The first-order chi connectivity index (χ1) is 15.9. The van der Waals surface area contributed by atoms with E-state index in [0.717, 1.165) is 0 Å². The molecule has 0 N–H and O–H groups in total. The Morgan fingerprint density at radius 3 is 1.76 bits per heavy atom. The highest BCUT2D eigenvalue weighted by Crippen LogP contribution is 2.56. The molecular formula is C24H28O8P+. The Bertz CT molecular complexity index is 1050. The van der Waals surface area contributed by atoms with Crippen LogP contribution in [-0.4, -0.2) is 52.0 Å². The molecule has 1 unspecified atom stereocenters. The van der Waals surface area contributed by atoms with Crippen molar-refractivity contribution in [1.82, 2.24) is 0 Å². The fraction of sp³-hybridized carbons (Fsp3) is 0.417. The van der Waals surface area contributed by atoms with E-state index in [1.54, 1.807) is 18.2 Å². The summed E-state index contributed by atoms with van der Waals surface area (Å²) in [6.45, 7) is 0. The predicted molar refractivity (Wildman–Crippen MR) is 123 cm³/mol. The molecule has 0 aliphatic heterocycles. The van der Waals surface area contributed by atoms with Crippen molar-refractivity contribution in [2.45, 2.75) is 30.8 Å². The Hall–Kier alpha value is -3.12. The van der Waals surface area contributed by atoms with Crippen LogP contribution in [0.3, 0.4) is 0 Å². The summed E-state index contributed by atoms with van der Waals surface area (Å²) < 4.78 is 40.5. The van der Waals surface area contributed by atoms with Crippen LogP contribution in [0, 0.1) is 0 Å². The zero-order valence-electron chi connectivity index (χ0n) is 19.4. The Kier molecular flexibility index (Phi) is 7.59. The Labute approximate surface area is 193 Å².